The van der Waals surface area contributed by atoms with E-state index in [0.717, 1.165) is 31.4 Å². The molecule has 0 amide bonds. The van der Waals surface area contributed by atoms with E-state index in [1.165, 1.54) is 0 Å². The van der Waals surface area contributed by atoms with Gasteiger partial charge in [0.1, 0.15) is 6.79 Å². The molecule has 0 spiro atoms. The summed E-state index contributed by atoms with van der Waals surface area (Å²) in [7, 11) is 0.649. The topological polar surface area (TPSA) is 63.2 Å². The van der Waals surface area contributed by atoms with Crippen LogP contribution in [0.25, 0.3) is 0 Å². The molecule has 20 heavy (non-hydrogen) atoms. The van der Waals surface area contributed by atoms with Gasteiger partial charge in [-0.05, 0) is 12.8 Å². The molecule has 0 aromatic rings. The Balaban J connectivity index is 3.59. The van der Waals surface area contributed by atoms with Gasteiger partial charge in [-0.15, -0.1) is 0 Å². The summed E-state index contributed by atoms with van der Waals surface area (Å²) >= 11 is 0. The van der Waals surface area contributed by atoms with Crippen molar-refractivity contribution in [3.63, 3.8) is 0 Å². The summed E-state index contributed by atoms with van der Waals surface area (Å²) in [5, 5.41) is 0. The van der Waals surface area contributed by atoms with Crippen LogP contribution in [0.4, 0.5) is 0 Å². The van der Waals surface area contributed by atoms with E-state index in [1.54, 1.807) is 14.2 Å². The van der Waals surface area contributed by atoms with Crippen LogP contribution < -0.4 is 0 Å². The number of ether oxygens (including phenoxy) is 2. The number of carbonyl (C=O) groups excluding carboxylic acids is 1. The fourth-order valence-electron chi connectivity index (χ4n) is 1.51. The lowest BCUT2D eigenvalue weighted by molar-refractivity contribution is -0.138. The van der Waals surface area contributed by atoms with Crippen LogP contribution in [-0.4, -0.2) is 49.0 Å². The summed E-state index contributed by atoms with van der Waals surface area (Å²) in [5.41, 5.74) is 0. The Kier molecular flexibility index (Phi) is 11.6. The number of rotatable bonds is 13. The molecule has 7 heteroatoms. The van der Waals surface area contributed by atoms with Crippen molar-refractivity contribution in [2.75, 3.05) is 34.2 Å². The van der Waals surface area contributed by atoms with Gasteiger partial charge in [0.2, 0.25) is 0 Å². The van der Waals surface area contributed by atoms with E-state index in [1.807, 2.05) is 0 Å². The largest absolute Gasteiger partial charge is 0.502 e. The summed E-state index contributed by atoms with van der Waals surface area (Å²) in [5.74, 6) is -0.398. The van der Waals surface area contributed by atoms with E-state index in [4.69, 9.17) is 22.8 Å². The van der Waals surface area contributed by atoms with E-state index < -0.39 is 14.8 Å². The highest BCUT2D eigenvalue weighted by Gasteiger charge is 2.37. The van der Waals surface area contributed by atoms with Crippen LogP contribution in [-0.2, 0) is 27.5 Å². The zero-order valence-corrected chi connectivity index (χ0v) is 13.7. The second-order valence-electron chi connectivity index (χ2n) is 4.09. The number of hydrogen-bond acceptors (Lipinski definition) is 6. The van der Waals surface area contributed by atoms with Crippen molar-refractivity contribution in [2.45, 2.75) is 32.2 Å². The normalized spacial score (nSPS) is 11.3. The molecule has 0 atom stereocenters. The molecule has 0 radical (unpaired) electrons. The van der Waals surface area contributed by atoms with Crippen molar-refractivity contribution in [3.8, 4) is 0 Å². The molecule has 0 aromatic carbocycles. The minimum atomic E-state index is -2.54. The molecule has 0 bridgehead atoms. The molecular formula is C13H26O6Si. The molecule has 118 valence electrons. The maximum Gasteiger partial charge on any atom is 0.502 e. The van der Waals surface area contributed by atoms with Crippen LogP contribution in [0.15, 0.2) is 12.7 Å². The van der Waals surface area contributed by atoms with Gasteiger partial charge < -0.3 is 22.8 Å². The van der Waals surface area contributed by atoms with Gasteiger partial charge in [-0.3, -0.25) is 0 Å². The van der Waals surface area contributed by atoms with Gasteiger partial charge in [0.25, 0.3) is 0 Å². The first-order chi connectivity index (χ1) is 9.64. The molecule has 0 unspecified atom stereocenters. The van der Waals surface area contributed by atoms with Crippen LogP contribution in [0.2, 0.25) is 6.04 Å². The Labute approximate surface area is 122 Å². The Morgan fingerprint density at radius 1 is 1.20 bits per heavy atom. The first kappa shape index (κ1) is 19.3. The lowest BCUT2D eigenvalue weighted by Crippen LogP contribution is -2.44. The van der Waals surface area contributed by atoms with Crippen molar-refractivity contribution < 1.29 is 27.5 Å². The van der Waals surface area contributed by atoms with Crippen molar-refractivity contribution in [2.24, 2.45) is 0 Å². The standard InChI is InChI=1S/C13H26O6Si/c1-5-11-20(15-3,16-4)19-12-17-9-7-8-10-18-13(14)6-2/h6H,2,5,7-12H2,1,3-4H3. The summed E-state index contributed by atoms with van der Waals surface area (Å²) < 4.78 is 26.5. The van der Waals surface area contributed by atoms with Gasteiger partial charge in [0.15, 0.2) is 0 Å². The number of hydrogen-bond donors (Lipinski definition) is 0. The maximum atomic E-state index is 10.8. The van der Waals surface area contributed by atoms with Gasteiger partial charge in [-0.2, -0.15) is 0 Å². The Hall–Kier alpha value is -0.733. The van der Waals surface area contributed by atoms with E-state index >= 15 is 0 Å². The molecule has 0 fully saturated rings. The Morgan fingerprint density at radius 3 is 2.40 bits per heavy atom. The fourth-order valence-corrected chi connectivity index (χ4v) is 3.34. The molecule has 0 aromatic heterocycles. The lowest BCUT2D eigenvalue weighted by atomic mass is 10.3. The average Bonchev–Trinajstić information content (AvgIpc) is 2.48. The predicted octanol–water partition coefficient (Wildman–Crippen LogP) is 2.13. The van der Waals surface area contributed by atoms with Crippen LogP contribution >= 0.6 is 0 Å². The maximum absolute atomic E-state index is 10.8. The van der Waals surface area contributed by atoms with Crippen LogP contribution in [0.3, 0.4) is 0 Å². The average molecular weight is 306 g/mol. The van der Waals surface area contributed by atoms with Gasteiger partial charge in [-0.1, -0.05) is 19.9 Å². The molecule has 0 rings (SSSR count). The smallest absolute Gasteiger partial charge is 0.463 e. The fraction of sp³-hybridized carbons (Fsp3) is 0.769. The quantitative estimate of drug-likeness (QED) is 0.171. The molecule has 0 aliphatic rings. The van der Waals surface area contributed by atoms with Gasteiger partial charge >= 0.3 is 14.8 Å². The number of unbranched alkanes of at least 4 members (excludes halogenated alkanes) is 1. The van der Waals surface area contributed by atoms with Crippen LogP contribution in [0.1, 0.15) is 26.2 Å². The monoisotopic (exact) mass is 306 g/mol. The number of esters is 1. The first-order valence-electron chi connectivity index (χ1n) is 6.75. The predicted molar refractivity (Wildman–Crippen MR) is 77.2 cm³/mol. The van der Waals surface area contributed by atoms with E-state index in [9.17, 15) is 4.79 Å². The first-order valence-corrected chi connectivity index (χ1v) is 8.68. The highest BCUT2D eigenvalue weighted by atomic mass is 28.4. The molecule has 0 N–H and O–H groups in total. The van der Waals surface area contributed by atoms with Crippen LogP contribution in [0, 0.1) is 0 Å². The zero-order chi connectivity index (χ0) is 15.3. The Bertz CT molecular complexity index is 268. The minimum absolute atomic E-state index is 0.153. The Morgan fingerprint density at radius 2 is 1.85 bits per heavy atom. The second-order valence-corrected chi connectivity index (χ2v) is 7.06. The molecule has 0 aliphatic carbocycles. The number of carbonyl (C=O) groups is 1. The summed E-state index contributed by atoms with van der Waals surface area (Å²) in [6.07, 6.45) is 3.61. The van der Waals surface area contributed by atoms with Crippen molar-refractivity contribution in [1.82, 2.24) is 0 Å². The molecule has 0 aliphatic heterocycles. The van der Waals surface area contributed by atoms with Gasteiger partial charge in [-0.25, -0.2) is 4.79 Å². The highest BCUT2D eigenvalue weighted by molar-refractivity contribution is 6.60. The van der Waals surface area contributed by atoms with Crippen LogP contribution in [0.5, 0.6) is 0 Å². The zero-order valence-electron chi connectivity index (χ0n) is 12.7. The second kappa shape index (κ2) is 12.0. The molecule has 6 nitrogen and oxygen atoms in total. The van der Waals surface area contributed by atoms with Gasteiger partial charge in [0, 0.05) is 32.9 Å². The minimum Gasteiger partial charge on any atom is -0.463 e. The third-order valence-corrected chi connectivity index (χ3v) is 5.55. The summed E-state index contributed by atoms with van der Waals surface area (Å²) in [6, 6.07) is 0.765. The summed E-state index contributed by atoms with van der Waals surface area (Å²) in [6.45, 7) is 6.43. The van der Waals surface area contributed by atoms with E-state index in [0.29, 0.717) is 13.2 Å². The van der Waals surface area contributed by atoms with Crippen molar-refractivity contribution >= 4 is 14.8 Å². The van der Waals surface area contributed by atoms with Crippen molar-refractivity contribution in [1.29, 1.82) is 0 Å². The van der Waals surface area contributed by atoms with E-state index in [-0.39, 0.29) is 6.79 Å². The summed E-state index contributed by atoms with van der Waals surface area (Å²) in [4.78, 5) is 10.8. The van der Waals surface area contributed by atoms with E-state index in [2.05, 4.69) is 13.5 Å². The van der Waals surface area contributed by atoms with Gasteiger partial charge in [0.05, 0.1) is 6.61 Å². The third-order valence-electron chi connectivity index (χ3n) is 2.63. The lowest BCUT2D eigenvalue weighted by Gasteiger charge is -2.25. The molecule has 0 heterocycles. The highest BCUT2D eigenvalue weighted by Crippen LogP contribution is 2.15. The molecular weight excluding hydrogens is 280 g/mol. The molecule has 0 saturated carbocycles. The third kappa shape index (κ3) is 8.44. The van der Waals surface area contributed by atoms with Crippen molar-refractivity contribution in [3.05, 3.63) is 12.7 Å². The SMILES string of the molecule is C=CC(=O)OCCCCOCO[Si](CCC)(OC)OC. The molecule has 0 saturated heterocycles.